The highest BCUT2D eigenvalue weighted by Crippen LogP contribution is 2.30. The predicted molar refractivity (Wildman–Crippen MR) is 107 cm³/mol. The normalized spacial score (nSPS) is 16.4. The predicted octanol–water partition coefficient (Wildman–Crippen LogP) is 1.85. The maximum atomic E-state index is 12.7. The van der Waals surface area contributed by atoms with Gasteiger partial charge in [0, 0.05) is 25.0 Å². The first-order chi connectivity index (χ1) is 15.2. The molecule has 0 bridgehead atoms. The maximum Gasteiger partial charge on any atom is 0.416 e. The lowest BCUT2D eigenvalue weighted by molar-refractivity contribution is -0.160. The Bertz CT molecular complexity index is 997. The van der Waals surface area contributed by atoms with Gasteiger partial charge in [-0.25, -0.2) is 4.98 Å². The van der Waals surface area contributed by atoms with Gasteiger partial charge in [0.05, 0.1) is 17.7 Å². The highest BCUT2D eigenvalue weighted by atomic mass is 19.4. The first kappa shape index (κ1) is 23.0. The zero-order valence-electron chi connectivity index (χ0n) is 16.9. The fraction of sp³-hybridized carbons (Fsp3) is 0.300. The molecule has 3 rings (SSSR count). The van der Waals surface area contributed by atoms with Crippen LogP contribution in [0.5, 0.6) is 0 Å². The van der Waals surface area contributed by atoms with Crippen molar-refractivity contribution < 1.29 is 32.3 Å². The van der Waals surface area contributed by atoms with Crippen molar-refractivity contribution in [2.75, 3.05) is 25.0 Å². The molecule has 3 N–H and O–H groups in total. The van der Waals surface area contributed by atoms with E-state index in [1.165, 1.54) is 35.4 Å². The Kier molecular flexibility index (Phi) is 6.93. The first-order valence-electron chi connectivity index (χ1n) is 9.60. The van der Waals surface area contributed by atoms with Crippen LogP contribution in [0.15, 0.2) is 42.6 Å². The van der Waals surface area contributed by atoms with Gasteiger partial charge in [-0.3, -0.25) is 25.2 Å². The van der Waals surface area contributed by atoms with E-state index in [4.69, 9.17) is 4.74 Å². The number of halogens is 3. The maximum absolute atomic E-state index is 12.7. The van der Waals surface area contributed by atoms with E-state index in [0.717, 1.165) is 12.1 Å². The number of nitrogens with one attached hydrogen (secondary N) is 3. The number of ether oxygens (including phenoxy) is 1. The molecule has 1 aromatic carbocycles. The molecule has 1 aliphatic heterocycles. The summed E-state index contributed by atoms with van der Waals surface area (Å²) in [6.07, 6.45) is -4.46. The van der Waals surface area contributed by atoms with Crippen LogP contribution in [-0.2, 0) is 20.5 Å². The molecule has 1 unspecified atom stereocenters. The second-order valence-corrected chi connectivity index (χ2v) is 6.71. The van der Waals surface area contributed by atoms with Gasteiger partial charge in [0.2, 0.25) is 6.10 Å². The Hall–Kier alpha value is -3.67. The second-order valence-electron chi connectivity index (χ2n) is 6.71. The number of aromatic nitrogens is 1. The van der Waals surface area contributed by atoms with Crippen molar-refractivity contribution in [1.29, 1.82) is 0 Å². The Labute approximate surface area is 180 Å². The SMILES string of the molecule is CCN1CCOC(C(=O)NNC(=O)c2cccnc2Nc2ccc(C(F)(F)F)cc2)C1=O. The molecular formula is C20H20F3N5O4. The molecule has 0 saturated carbocycles. The third kappa shape index (κ3) is 5.32. The number of hydrazine groups is 1. The lowest BCUT2D eigenvalue weighted by Gasteiger charge is -2.30. The first-order valence-corrected chi connectivity index (χ1v) is 9.60. The number of carbonyl (C=O) groups is 3. The Morgan fingerprint density at radius 3 is 2.56 bits per heavy atom. The van der Waals surface area contributed by atoms with E-state index in [1.54, 1.807) is 6.92 Å². The quantitative estimate of drug-likeness (QED) is 0.473. The number of morpholine rings is 1. The van der Waals surface area contributed by atoms with E-state index in [-0.39, 0.29) is 23.7 Å². The van der Waals surface area contributed by atoms with Gasteiger partial charge in [-0.15, -0.1) is 0 Å². The van der Waals surface area contributed by atoms with Crippen molar-refractivity contribution in [3.05, 3.63) is 53.7 Å². The van der Waals surface area contributed by atoms with Crippen LogP contribution in [-0.4, -0.2) is 53.4 Å². The molecule has 0 spiro atoms. The largest absolute Gasteiger partial charge is 0.416 e. The number of hydrogen-bond donors (Lipinski definition) is 3. The van der Waals surface area contributed by atoms with E-state index in [9.17, 15) is 27.6 Å². The molecule has 1 saturated heterocycles. The van der Waals surface area contributed by atoms with Crippen molar-refractivity contribution in [2.45, 2.75) is 19.2 Å². The van der Waals surface area contributed by atoms with Gasteiger partial charge in [-0.1, -0.05) is 0 Å². The fourth-order valence-electron chi connectivity index (χ4n) is 2.95. The van der Waals surface area contributed by atoms with Crippen molar-refractivity contribution in [2.24, 2.45) is 0 Å². The summed E-state index contributed by atoms with van der Waals surface area (Å²) in [6.45, 7) is 2.76. The highest BCUT2D eigenvalue weighted by molar-refractivity contribution is 6.05. The van der Waals surface area contributed by atoms with Crippen LogP contribution in [0.2, 0.25) is 0 Å². The number of carbonyl (C=O) groups excluding carboxylic acids is 3. The minimum Gasteiger partial charge on any atom is -0.357 e. The van der Waals surface area contributed by atoms with Gasteiger partial charge in [-0.05, 0) is 43.3 Å². The Morgan fingerprint density at radius 2 is 1.91 bits per heavy atom. The smallest absolute Gasteiger partial charge is 0.357 e. The van der Waals surface area contributed by atoms with Crippen LogP contribution in [0.3, 0.4) is 0 Å². The summed E-state index contributed by atoms with van der Waals surface area (Å²) < 4.78 is 43.3. The standard InChI is InChI=1S/C20H20F3N5O4/c1-2-28-10-11-32-15(19(28)31)18(30)27-26-17(29)14-4-3-9-24-16(14)25-13-7-5-12(6-8-13)20(21,22)23/h3-9,15H,2,10-11H2,1H3,(H,24,25)(H,26,29)(H,27,30). The summed E-state index contributed by atoms with van der Waals surface area (Å²) in [5.41, 5.74) is 3.81. The van der Waals surface area contributed by atoms with Crippen LogP contribution in [0.4, 0.5) is 24.7 Å². The van der Waals surface area contributed by atoms with E-state index in [0.29, 0.717) is 13.1 Å². The fourth-order valence-corrected chi connectivity index (χ4v) is 2.95. The highest BCUT2D eigenvalue weighted by Gasteiger charge is 2.35. The molecular weight excluding hydrogens is 431 g/mol. The molecule has 1 fully saturated rings. The van der Waals surface area contributed by atoms with Gasteiger partial charge >= 0.3 is 6.18 Å². The van der Waals surface area contributed by atoms with E-state index >= 15 is 0 Å². The molecule has 12 heteroatoms. The Morgan fingerprint density at radius 1 is 1.19 bits per heavy atom. The molecule has 1 atom stereocenters. The third-order valence-corrected chi connectivity index (χ3v) is 4.63. The minimum absolute atomic E-state index is 0.0128. The molecule has 1 aromatic heterocycles. The van der Waals surface area contributed by atoms with Crippen LogP contribution < -0.4 is 16.2 Å². The number of benzene rings is 1. The van der Waals surface area contributed by atoms with E-state index < -0.39 is 35.6 Å². The average molecular weight is 451 g/mol. The van der Waals surface area contributed by atoms with Crippen LogP contribution >= 0.6 is 0 Å². The molecule has 2 heterocycles. The number of nitrogens with zero attached hydrogens (tertiary/aromatic N) is 2. The van der Waals surface area contributed by atoms with Crippen LogP contribution in [0.25, 0.3) is 0 Å². The number of pyridine rings is 1. The lowest BCUT2D eigenvalue weighted by Crippen LogP contribution is -2.56. The molecule has 3 amide bonds. The second kappa shape index (κ2) is 9.64. The summed E-state index contributed by atoms with van der Waals surface area (Å²) in [5, 5.41) is 2.77. The molecule has 2 aromatic rings. The van der Waals surface area contributed by atoms with Gasteiger partial charge in [-0.2, -0.15) is 13.2 Å². The average Bonchev–Trinajstić information content (AvgIpc) is 2.77. The summed E-state index contributed by atoms with van der Waals surface area (Å²) in [5.74, 6) is -2.03. The van der Waals surface area contributed by atoms with Crippen LogP contribution in [0.1, 0.15) is 22.8 Å². The Balaban J connectivity index is 1.65. The summed E-state index contributed by atoms with van der Waals surface area (Å²) in [4.78, 5) is 42.5. The van der Waals surface area contributed by atoms with Gasteiger partial charge in [0.25, 0.3) is 17.7 Å². The third-order valence-electron chi connectivity index (χ3n) is 4.63. The minimum atomic E-state index is -4.47. The van der Waals surface area contributed by atoms with Gasteiger partial charge in [0.1, 0.15) is 5.82 Å². The molecule has 32 heavy (non-hydrogen) atoms. The number of rotatable bonds is 5. The van der Waals surface area contributed by atoms with E-state index in [2.05, 4.69) is 21.2 Å². The number of likely N-dealkylation sites (N-methyl/N-ethyl adjacent to an activating group) is 1. The zero-order chi connectivity index (χ0) is 23.3. The number of amides is 3. The number of alkyl halides is 3. The summed E-state index contributed by atoms with van der Waals surface area (Å²) in [7, 11) is 0. The van der Waals surface area contributed by atoms with Gasteiger partial charge in [0.15, 0.2) is 0 Å². The van der Waals surface area contributed by atoms with Crippen molar-refractivity contribution in [1.82, 2.24) is 20.7 Å². The number of anilines is 2. The zero-order valence-corrected chi connectivity index (χ0v) is 16.9. The molecule has 170 valence electrons. The van der Waals surface area contributed by atoms with Crippen LogP contribution in [0, 0.1) is 0 Å². The monoisotopic (exact) mass is 451 g/mol. The number of hydrogen-bond acceptors (Lipinski definition) is 6. The molecule has 9 nitrogen and oxygen atoms in total. The summed E-state index contributed by atoms with van der Waals surface area (Å²) >= 11 is 0. The van der Waals surface area contributed by atoms with Gasteiger partial charge < -0.3 is 15.0 Å². The molecule has 0 radical (unpaired) electrons. The van der Waals surface area contributed by atoms with E-state index in [1.807, 2.05) is 0 Å². The molecule has 0 aliphatic carbocycles. The topological polar surface area (TPSA) is 113 Å². The van der Waals surface area contributed by atoms with Crippen molar-refractivity contribution in [3.63, 3.8) is 0 Å². The summed E-state index contributed by atoms with van der Waals surface area (Å²) in [6, 6.07) is 7.07. The lowest BCUT2D eigenvalue weighted by atomic mass is 10.2. The van der Waals surface area contributed by atoms with Crippen molar-refractivity contribution in [3.8, 4) is 0 Å². The van der Waals surface area contributed by atoms with Crippen molar-refractivity contribution >= 4 is 29.2 Å². The molecule has 1 aliphatic rings.